The van der Waals surface area contributed by atoms with Gasteiger partial charge in [-0.25, -0.2) is 9.00 Å². The van der Waals surface area contributed by atoms with E-state index in [0.29, 0.717) is 24.8 Å². The highest BCUT2D eigenvalue weighted by atomic mass is 32.2. The average molecular weight is 342 g/mol. The number of fused-ring (bicyclic) bond motifs is 2. The minimum Gasteiger partial charge on any atom is -0.352 e. The van der Waals surface area contributed by atoms with E-state index in [1.807, 2.05) is 0 Å². The first-order valence-electron chi connectivity index (χ1n) is 8.10. The van der Waals surface area contributed by atoms with E-state index < -0.39 is 18.0 Å². The largest absolute Gasteiger partial charge is 0.352 e. The molecule has 0 aromatic heterocycles. The second-order valence-electron chi connectivity index (χ2n) is 7.45. The lowest BCUT2D eigenvalue weighted by Crippen LogP contribution is -2.66. The number of carbonyl (C=O) groups excluding carboxylic acids is 2. The summed E-state index contributed by atoms with van der Waals surface area (Å²) in [5.74, 6) is -0.0640. The number of hydroxylamine groups is 2. The van der Waals surface area contributed by atoms with Crippen LogP contribution in [-0.4, -0.2) is 75.8 Å². The summed E-state index contributed by atoms with van der Waals surface area (Å²) in [6.07, 6.45) is 3.39. The van der Waals surface area contributed by atoms with E-state index in [4.69, 9.17) is 4.28 Å². The number of piperidine rings is 1. The van der Waals surface area contributed by atoms with Crippen molar-refractivity contribution in [1.82, 2.24) is 20.2 Å². The SMILES string of the molecule is CN1CC2(CC(NC(=O)C3CCC4CN3C(=O)N4O[SH]=O)C2)C1. The Morgan fingerprint density at radius 1 is 1.35 bits per heavy atom. The van der Waals surface area contributed by atoms with Crippen LogP contribution in [-0.2, 0) is 21.0 Å². The second kappa shape index (κ2) is 5.42. The second-order valence-corrected chi connectivity index (χ2v) is 7.76. The van der Waals surface area contributed by atoms with Crippen molar-refractivity contribution in [2.45, 2.75) is 43.8 Å². The van der Waals surface area contributed by atoms with Crippen molar-refractivity contribution in [3.05, 3.63) is 0 Å². The van der Waals surface area contributed by atoms with Crippen LogP contribution in [0.3, 0.4) is 0 Å². The molecule has 0 aromatic rings. The molecule has 8 nitrogen and oxygen atoms in total. The van der Waals surface area contributed by atoms with Gasteiger partial charge in [0.2, 0.25) is 5.91 Å². The van der Waals surface area contributed by atoms with Crippen LogP contribution in [0.15, 0.2) is 0 Å². The van der Waals surface area contributed by atoms with E-state index in [0.717, 1.165) is 31.0 Å². The van der Waals surface area contributed by atoms with Gasteiger partial charge < -0.3 is 15.1 Å². The van der Waals surface area contributed by atoms with Crippen molar-refractivity contribution >= 4 is 23.9 Å². The highest BCUT2D eigenvalue weighted by Crippen LogP contribution is 2.47. The van der Waals surface area contributed by atoms with Gasteiger partial charge in [0.05, 0.1) is 6.04 Å². The Bertz CT molecular complexity index is 545. The number of nitrogens with one attached hydrogen (secondary N) is 1. The minimum atomic E-state index is -0.542. The number of rotatable bonds is 4. The molecule has 23 heavy (non-hydrogen) atoms. The molecule has 4 fully saturated rings. The summed E-state index contributed by atoms with van der Waals surface area (Å²) in [6, 6.07) is -0.664. The van der Waals surface area contributed by atoms with Gasteiger partial charge in [-0.3, -0.25) is 4.79 Å². The Morgan fingerprint density at radius 2 is 2.09 bits per heavy atom. The molecule has 1 saturated carbocycles. The zero-order valence-electron chi connectivity index (χ0n) is 13.1. The fourth-order valence-electron chi connectivity index (χ4n) is 4.79. The fourth-order valence-corrected chi connectivity index (χ4v) is 5.06. The molecule has 1 aliphatic carbocycles. The summed E-state index contributed by atoms with van der Waals surface area (Å²) in [4.78, 5) is 28.6. The Morgan fingerprint density at radius 3 is 2.74 bits per heavy atom. The molecule has 3 amide bonds. The van der Waals surface area contributed by atoms with E-state index in [-0.39, 0.29) is 24.0 Å². The highest BCUT2D eigenvalue weighted by molar-refractivity contribution is 7.60. The zero-order valence-corrected chi connectivity index (χ0v) is 14.0. The van der Waals surface area contributed by atoms with Gasteiger partial charge in [0.25, 0.3) is 0 Å². The van der Waals surface area contributed by atoms with Gasteiger partial charge in [-0.2, -0.15) is 9.35 Å². The number of likely N-dealkylation sites (tertiary alicyclic amines) is 1. The monoisotopic (exact) mass is 342 g/mol. The maximum absolute atomic E-state index is 12.5. The highest BCUT2D eigenvalue weighted by Gasteiger charge is 2.53. The first kappa shape index (κ1) is 15.3. The molecule has 9 heteroatoms. The molecule has 2 bridgehead atoms. The van der Waals surface area contributed by atoms with Gasteiger partial charge in [-0.05, 0) is 38.1 Å². The van der Waals surface area contributed by atoms with Crippen LogP contribution in [0, 0.1) is 5.41 Å². The maximum atomic E-state index is 12.5. The quantitative estimate of drug-likeness (QED) is 0.658. The molecule has 2 unspecified atom stereocenters. The number of amides is 3. The van der Waals surface area contributed by atoms with E-state index in [1.54, 1.807) is 4.90 Å². The first-order chi connectivity index (χ1) is 11.0. The molecule has 0 aromatic carbocycles. The number of thiol groups is 1. The third kappa shape index (κ3) is 2.45. The molecular formula is C14H22N4O4S. The van der Waals surface area contributed by atoms with Gasteiger partial charge in [-0.1, -0.05) is 0 Å². The summed E-state index contributed by atoms with van der Waals surface area (Å²) >= 11 is -0.542. The normalized spacial score (nSPS) is 32.8. The van der Waals surface area contributed by atoms with Crippen molar-refractivity contribution in [2.75, 3.05) is 26.7 Å². The number of hydrogen-bond donors (Lipinski definition) is 2. The smallest absolute Gasteiger partial charge is 0.346 e. The fraction of sp³-hybridized carbons (Fsp3) is 0.857. The summed E-state index contributed by atoms with van der Waals surface area (Å²) in [5.41, 5.74) is 0.422. The molecule has 3 saturated heterocycles. The molecule has 3 aliphatic heterocycles. The summed E-state index contributed by atoms with van der Waals surface area (Å²) in [5, 5.41) is 4.24. The van der Waals surface area contributed by atoms with Crippen LogP contribution in [0.4, 0.5) is 4.79 Å². The molecule has 0 radical (unpaired) electrons. The molecule has 1 N–H and O–H groups in total. The van der Waals surface area contributed by atoms with Crippen LogP contribution in [0.5, 0.6) is 0 Å². The van der Waals surface area contributed by atoms with Crippen molar-refractivity contribution in [2.24, 2.45) is 5.41 Å². The van der Waals surface area contributed by atoms with Crippen molar-refractivity contribution in [1.29, 1.82) is 0 Å². The Kier molecular flexibility index (Phi) is 3.62. The van der Waals surface area contributed by atoms with Gasteiger partial charge in [0.1, 0.15) is 6.04 Å². The van der Waals surface area contributed by atoms with Crippen molar-refractivity contribution in [3.8, 4) is 0 Å². The molecule has 128 valence electrons. The summed E-state index contributed by atoms with van der Waals surface area (Å²) < 4.78 is 15.5. The number of hydrogen-bond acceptors (Lipinski definition) is 5. The molecule has 1 spiro atoms. The Labute approximate surface area is 138 Å². The van der Waals surface area contributed by atoms with Gasteiger partial charge in [-0.15, -0.1) is 0 Å². The Balaban J connectivity index is 1.33. The number of urea groups is 1. The van der Waals surface area contributed by atoms with E-state index >= 15 is 0 Å². The third-order valence-electron chi connectivity index (χ3n) is 5.66. The first-order valence-corrected chi connectivity index (χ1v) is 8.83. The lowest BCUT2D eigenvalue weighted by atomic mass is 9.61. The molecule has 4 aliphatic rings. The summed E-state index contributed by atoms with van der Waals surface area (Å²) in [7, 11) is 2.11. The van der Waals surface area contributed by atoms with Crippen LogP contribution < -0.4 is 5.32 Å². The number of nitrogens with zero attached hydrogens (tertiary/aromatic N) is 3. The van der Waals surface area contributed by atoms with E-state index in [1.165, 1.54) is 0 Å². The maximum Gasteiger partial charge on any atom is 0.346 e. The molecule has 2 atom stereocenters. The van der Waals surface area contributed by atoms with E-state index in [9.17, 15) is 13.8 Å². The van der Waals surface area contributed by atoms with Crippen LogP contribution in [0.1, 0.15) is 25.7 Å². The predicted octanol–water partition coefficient (Wildman–Crippen LogP) is -0.743. The zero-order chi connectivity index (χ0) is 16.2. The lowest BCUT2D eigenvalue weighted by molar-refractivity contribution is -0.131. The van der Waals surface area contributed by atoms with Crippen LogP contribution >= 0.6 is 0 Å². The third-order valence-corrected chi connectivity index (χ3v) is 5.91. The van der Waals surface area contributed by atoms with Gasteiger partial charge in [0.15, 0.2) is 11.9 Å². The van der Waals surface area contributed by atoms with Gasteiger partial charge >= 0.3 is 6.03 Å². The van der Waals surface area contributed by atoms with Crippen LogP contribution in [0.2, 0.25) is 0 Å². The predicted molar refractivity (Wildman–Crippen MR) is 82.5 cm³/mol. The van der Waals surface area contributed by atoms with Gasteiger partial charge in [0, 0.05) is 25.7 Å². The molecule has 4 rings (SSSR count). The van der Waals surface area contributed by atoms with E-state index in [2.05, 4.69) is 17.3 Å². The van der Waals surface area contributed by atoms with Crippen molar-refractivity contribution < 1.29 is 18.1 Å². The number of carbonyl (C=O) groups is 2. The molecular weight excluding hydrogens is 320 g/mol. The molecule has 3 heterocycles. The minimum absolute atomic E-state index is 0.0640. The standard InChI is InChI=1S/C14H22N4O4S/c1-16-7-14(8-16)4-9(5-14)15-12(19)11-3-2-10-6-17(11)13(20)18(10)22-23-21/h9-11,23H,2-8H2,1H3,(H,15,19). The van der Waals surface area contributed by atoms with Crippen molar-refractivity contribution in [3.63, 3.8) is 0 Å². The Hall–Kier alpha value is -1.19. The average Bonchev–Trinajstić information content (AvgIpc) is 2.69. The topological polar surface area (TPSA) is 82.2 Å². The summed E-state index contributed by atoms with van der Waals surface area (Å²) in [6.45, 7) is 2.71. The lowest BCUT2D eigenvalue weighted by Gasteiger charge is -2.58. The van der Waals surface area contributed by atoms with Crippen LogP contribution in [0.25, 0.3) is 0 Å².